The molecule has 0 unspecified atom stereocenters. The van der Waals surface area contributed by atoms with Crippen molar-refractivity contribution in [3.63, 3.8) is 0 Å². The number of hydrogen-bond donors (Lipinski definition) is 0. The highest BCUT2D eigenvalue weighted by Crippen LogP contribution is 2.49. The van der Waals surface area contributed by atoms with Crippen molar-refractivity contribution in [1.82, 2.24) is 0 Å². The summed E-state index contributed by atoms with van der Waals surface area (Å²) >= 11 is 0. The maximum Gasteiger partial charge on any atom is 0.0503 e. The average molecular weight is 1700 g/mol. The minimum atomic E-state index is 1.02. The van der Waals surface area contributed by atoms with Crippen LogP contribution in [-0.2, 0) is 0 Å². The molecule has 0 aliphatic rings. The SMILES string of the molecule is Cc1ccc(-c2ccc(N(c3ccc(C)cc3)c3cc(N(c4ccc(C)cc4)c4ccc(-c5ccc(C)cc5)cc4)cc(N(c4ccc(C)cc4)c4ccc(-c5ccc(C)cc5)cc4)c3)cc2)cc1.c1ccc(N(c2ccccc2)c2ccc(-c3cc(-c4ccc(N(c5ccccc5)c5ccccc5)cc4)cc(-c4ccc(N(c5ccccc5)c5ccccc5)cc4)c3)cc2)cc1. The highest BCUT2D eigenvalue weighted by atomic mass is 15.2. The average Bonchev–Trinajstić information content (AvgIpc) is 0.741. The first kappa shape index (κ1) is 84.7. The highest BCUT2D eigenvalue weighted by Gasteiger charge is 2.25. The predicted octanol–water partition coefficient (Wildman–Crippen LogP) is 36.0. The lowest BCUT2D eigenvalue weighted by atomic mass is 9.93. The topological polar surface area (TPSA) is 19.4 Å². The van der Waals surface area contributed by atoms with Crippen LogP contribution in [0.1, 0.15) is 33.4 Å². The summed E-state index contributed by atoms with van der Waals surface area (Å²) in [6, 6.07) is 184. The van der Waals surface area contributed by atoms with Crippen LogP contribution in [0.5, 0.6) is 0 Å². The first-order chi connectivity index (χ1) is 64.9. The Hall–Kier alpha value is -16.8. The van der Waals surface area contributed by atoms with E-state index in [0.29, 0.717) is 0 Å². The molecular weight excluding hydrogens is 1600 g/mol. The number of anilines is 18. The number of para-hydroxylation sites is 6. The van der Waals surface area contributed by atoms with Gasteiger partial charge in [-0.15, -0.1) is 0 Å². The standard InChI is InChI=1S/C66H57N3.C60H45N3/c1-46-7-19-52(20-8-46)55-25-37-61(38-26-55)67(58-31-13-49(4)14-32-58)64-43-65(68(59-33-15-50(5)16-34-59)62-39-27-56(28-40-62)53-21-9-47(2)10-22-53)45-66(44-64)69(60-35-17-51(6)18-36-60)63-41-29-57(30-42-63)54-23-11-48(3)12-24-54;1-7-19-52(20-8-1)61(53-21-9-2-10-22-53)58-37-31-46(32-38-58)49-43-50(47-33-39-59(40-34-47)62(54-23-11-3-12-24-54)55-25-13-4-14-26-55)45-51(44-49)48-35-41-60(42-36-48)63(56-27-15-5-16-28-56)57-29-17-6-18-30-57/h7-45H,1-6H3;1-45H. The van der Waals surface area contributed by atoms with E-state index < -0.39 is 0 Å². The highest BCUT2D eigenvalue weighted by molar-refractivity contribution is 5.93. The lowest BCUT2D eigenvalue weighted by Gasteiger charge is -2.33. The van der Waals surface area contributed by atoms with Crippen LogP contribution >= 0.6 is 0 Å². The van der Waals surface area contributed by atoms with E-state index in [1.165, 1.54) is 66.8 Å². The fourth-order valence-electron chi connectivity index (χ4n) is 17.4. The second kappa shape index (κ2) is 39.2. The van der Waals surface area contributed by atoms with Crippen molar-refractivity contribution in [1.29, 1.82) is 0 Å². The summed E-state index contributed by atoms with van der Waals surface area (Å²) < 4.78 is 0. The molecular formula is C126H102N6. The zero-order valence-electron chi connectivity index (χ0n) is 75.2. The van der Waals surface area contributed by atoms with E-state index in [2.05, 4.69) is 581 Å². The van der Waals surface area contributed by atoms with Gasteiger partial charge in [-0.05, 0) is 327 Å². The first-order valence-electron chi connectivity index (χ1n) is 45.3. The van der Waals surface area contributed by atoms with E-state index in [1.54, 1.807) is 0 Å². The van der Waals surface area contributed by atoms with Crippen LogP contribution in [0.4, 0.5) is 102 Å². The number of aryl methyl sites for hydroxylation is 6. The Morgan fingerprint density at radius 1 is 0.0909 bits per heavy atom. The summed E-state index contributed by atoms with van der Waals surface area (Å²) in [6.45, 7) is 12.9. The van der Waals surface area contributed by atoms with Gasteiger partial charge in [0, 0.05) is 85.3 Å². The molecule has 0 aromatic heterocycles. The Morgan fingerprint density at radius 3 is 0.348 bits per heavy atom. The third-order valence-corrected chi connectivity index (χ3v) is 24.5. The molecule has 0 saturated heterocycles. The minimum absolute atomic E-state index is 1.02. The number of rotatable bonds is 24. The van der Waals surface area contributed by atoms with Gasteiger partial charge in [-0.3, -0.25) is 0 Å². The van der Waals surface area contributed by atoms with E-state index in [-0.39, 0.29) is 0 Å². The van der Waals surface area contributed by atoms with Crippen LogP contribution in [0.3, 0.4) is 0 Å². The molecule has 20 aromatic rings. The molecule has 0 heterocycles. The minimum Gasteiger partial charge on any atom is -0.311 e. The molecule has 0 N–H and O–H groups in total. The van der Waals surface area contributed by atoms with Crippen LogP contribution in [-0.4, -0.2) is 0 Å². The zero-order valence-corrected chi connectivity index (χ0v) is 75.2. The molecule has 0 fully saturated rings. The van der Waals surface area contributed by atoms with Gasteiger partial charge in [-0.2, -0.15) is 0 Å². The Labute approximate surface area is 777 Å². The van der Waals surface area contributed by atoms with E-state index >= 15 is 0 Å². The number of benzene rings is 20. The van der Waals surface area contributed by atoms with Gasteiger partial charge in [-0.25, -0.2) is 0 Å². The molecule has 0 bridgehead atoms. The van der Waals surface area contributed by atoms with Gasteiger partial charge < -0.3 is 29.4 Å². The van der Waals surface area contributed by atoms with Gasteiger partial charge >= 0.3 is 0 Å². The Morgan fingerprint density at radius 2 is 0.197 bits per heavy atom. The van der Waals surface area contributed by atoms with E-state index in [1.807, 2.05) is 0 Å². The Balaban J connectivity index is 0.000000171. The van der Waals surface area contributed by atoms with Crippen molar-refractivity contribution < 1.29 is 0 Å². The fraction of sp³-hybridized carbons (Fsp3) is 0.0476. The quantitative estimate of drug-likeness (QED) is 0.0596. The van der Waals surface area contributed by atoms with Crippen molar-refractivity contribution in [3.8, 4) is 66.8 Å². The van der Waals surface area contributed by atoms with Gasteiger partial charge in [0.25, 0.3) is 0 Å². The monoisotopic (exact) mass is 1700 g/mol. The fourth-order valence-corrected chi connectivity index (χ4v) is 17.4. The third-order valence-electron chi connectivity index (χ3n) is 24.5. The molecule has 0 saturated carbocycles. The molecule has 0 aliphatic carbocycles. The van der Waals surface area contributed by atoms with Crippen molar-refractivity contribution >= 4 is 102 Å². The van der Waals surface area contributed by atoms with Crippen LogP contribution in [0.2, 0.25) is 0 Å². The lowest BCUT2D eigenvalue weighted by molar-refractivity contribution is 1.22. The van der Waals surface area contributed by atoms with Gasteiger partial charge in [-0.1, -0.05) is 325 Å². The van der Waals surface area contributed by atoms with E-state index in [0.717, 1.165) is 136 Å². The molecule has 0 radical (unpaired) electrons. The largest absolute Gasteiger partial charge is 0.311 e. The molecule has 0 amide bonds. The van der Waals surface area contributed by atoms with Crippen molar-refractivity contribution in [2.45, 2.75) is 41.5 Å². The van der Waals surface area contributed by atoms with Gasteiger partial charge in [0.15, 0.2) is 0 Å². The van der Waals surface area contributed by atoms with Crippen LogP contribution < -0.4 is 29.4 Å². The second-order valence-corrected chi connectivity index (χ2v) is 33.9. The molecule has 20 rings (SSSR count). The summed E-state index contributed by atoms with van der Waals surface area (Å²) in [5, 5.41) is 0. The second-order valence-electron chi connectivity index (χ2n) is 33.9. The van der Waals surface area contributed by atoms with Gasteiger partial charge in [0.05, 0.1) is 17.1 Å². The summed E-state index contributed by atoms with van der Waals surface area (Å²) in [5.74, 6) is 0. The predicted molar refractivity (Wildman–Crippen MR) is 562 cm³/mol. The van der Waals surface area contributed by atoms with Crippen molar-refractivity contribution in [2.24, 2.45) is 0 Å². The van der Waals surface area contributed by atoms with Crippen LogP contribution in [0.25, 0.3) is 66.8 Å². The molecule has 636 valence electrons. The van der Waals surface area contributed by atoms with Crippen molar-refractivity contribution in [3.05, 3.63) is 543 Å². The molecule has 0 aliphatic heterocycles. The third kappa shape index (κ3) is 19.4. The maximum absolute atomic E-state index is 2.40. The smallest absolute Gasteiger partial charge is 0.0503 e. The zero-order chi connectivity index (χ0) is 89.6. The molecule has 6 nitrogen and oxygen atoms in total. The molecule has 20 aromatic carbocycles. The summed E-state index contributed by atoms with van der Waals surface area (Å²) in [6.07, 6.45) is 0. The molecule has 0 atom stereocenters. The first-order valence-corrected chi connectivity index (χ1v) is 45.3. The summed E-state index contributed by atoms with van der Waals surface area (Å²) in [7, 11) is 0. The molecule has 0 spiro atoms. The van der Waals surface area contributed by atoms with Gasteiger partial charge in [0.2, 0.25) is 0 Å². The van der Waals surface area contributed by atoms with Gasteiger partial charge in [0.1, 0.15) is 0 Å². The molecule has 132 heavy (non-hydrogen) atoms. The molecule has 6 heteroatoms. The van der Waals surface area contributed by atoms with Crippen LogP contribution in [0, 0.1) is 41.5 Å². The van der Waals surface area contributed by atoms with E-state index in [4.69, 9.17) is 0 Å². The lowest BCUT2D eigenvalue weighted by Crippen LogP contribution is -2.16. The summed E-state index contributed by atoms with van der Waals surface area (Å²) in [5.41, 5.74) is 40.9. The Bertz CT molecular complexity index is 6340. The number of hydrogen-bond acceptors (Lipinski definition) is 6. The normalized spacial score (nSPS) is 11.0. The summed E-state index contributed by atoms with van der Waals surface area (Å²) in [4.78, 5) is 14.1. The Kier molecular flexibility index (Phi) is 25.2. The maximum atomic E-state index is 2.40. The van der Waals surface area contributed by atoms with Crippen molar-refractivity contribution in [2.75, 3.05) is 29.4 Å². The van der Waals surface area contributed by atoms with E-state index in [9.17, 15) is 0 Å². The van der Waals surface area contributed by atoms with Crippen LogP contribution in [0.15, 0.2) is 510 Å². The number of nitrogens with zero attached hydrogens (tertiary/aromatic N) is 6.